The van der Waals surface area contributed by atoms with Crippen LogP contribution in [0.5, 0.6) is 0 Å². The van der Waals surface area contributed by atoms with E-state index in [0.717, 1.165) is 16.9 Å². The van der Waals surface area contributed by atoms with Crippen molar-refractivity contribution in [1.29, 1.82) is 0 Å². The molecule has 19 heavy (non-hydrogen) atoms. The third kappa shape index (κ3) is 3.13. The van der Waals surface area contributed by atoms with Gasteiger partial charge in [0.25, 0.3) is 5.91 Å². The van der Waals surface area contributed by atoms with Crippen LogP contribution < -0.4 is 10.6 Å². The van der Waals surface area contributed by atoms with Crippen LogP contribution in [0.15, 0.2) is 42.5 Å². The number of amides is 1. The van der Waals surface area contributed by atoms with Crippen molar-refractivity contribution >= 4 is 17.3 Å². The van der Waals surface area contributed by atoms with Crippen molar-refractivity contribution < 1.29 is 4.79 Å². The number of carbonyl (C=O) groups excluding carboxylic acids is 1. The van der Waals surface area contributed by atoms with Crippen LogP contribution in [0.2, 0.25) is 0 Å². The first-order valence-electron chi connectivity index (χ1n) is 6.26. The molecule has 0 saturated carbocycles. The molecule has 0 atom stereocenters. The molecule has 0 aliphatic heterocycles. The van der Waals surface area contributed by atoms with Crippen LogP contribution in [0, 0.1) is 13.8 Å². The maximum Gasteiger partial charge on any atom is 0.255 e. The van der Waals surface area contributed by atoms with Crippen LogP contribution in [0.25, 0.3) is 0 Å². The Morgan fingerprint density at radius 2 is 1.58 bits per heavy atom. The largest absolute Gasteiger partial charge is 0.388 e. The Morgan fingerprint density at radius 3 is 2.16 bits per heavy atom. The topological polar surface area (TPSA) is 41.1 Å². The lowest BCUT2D eigenvalue weighted by Gasteiger charge is -2.09. The predicted octanol–water partition coefficient (Wildman–Crippen LogP) is 3.60. The Morgan fingerprint density at radius 1 is 0.947 bits per heavy atom. The Hall–Kier alpha value is -2.29. The molecule has 0 bridgehead atoms. The maximum absolute atomic E-state index is 12.2. The average Bonchev–Trinajstić information content (AvgIpc) is 2.41. The second kappa shape index (κ2) is 5.57. The molecular formula is C16H18N2O. The number of hydrogen-bond acceptors (Lipinski definition) is 2. The number of anilines is 2. The first-order valence-corrected chi connectivity index (χ1v) is 6.26. The highest BCUT2D eigenvalue weighted by molar-refractivity contribution is 6.05. The summed E-state index contributed by atoms with van der Waals surface area (Å²) in [6, 6.07) is 13.5. The fourth-order valence-corrected chi connectivity index (χ4v) is 1.91. The van der Waals surface area contributed by atoms with Gasteiger partial charge < -0.3 is 10.6 Å². The van der Waals surface area contributed by atoms with Gasteiger partial charge in [0.1, 0.15) is 0 Å². The number of nitrogens with one attached hydrogen (secondary N) is 2. The molecule has 98 valence electrons. The van der Waals surface area contributed by atoms with Gasteiger partial charge in [0.2, 0.25) is 0 Å². The first kappa shape index (κ1) is 13.1. The van der Waals surface area contributed by atoms with Gasteiger partial charge in [-0.3, -0.25) is 4.79 Å². The zero-order valence-corrected chi connectivity index (χ0v) is 11.4. The van der Waals surface area contributed by atoms with Gasteiger partial charge in [-0.05, 0) is 49.7 Å². The number of hydrogen-bond donors (Lipinski definition) is 2. The molecule has 2 N–H and O–H groups in total. The molecule has 0 aliphatic carbocycles. The van der Waals surface area contributed by atoms with E-state index < -0.39 is 0 Å². The predicted molar refractivity (Wildman–Crippen MR) is 79.9 cm³/mol. The third-order valence-electron chi connectivity index (χ3n) is 3.07. The van der Waals surface area contributed by atoms with Gasteiger partial charge in [-0.25, -0.2) is 0 Å². The first-order chi connectivity index (χ1) is 9.10. The summed E-state index contributed by atoms with van der Waals surface area (Å²) in [5.41, 5.74) is 4.64. The SMILES string of the molecule is CNc1ccc(C(=O)Nc2ccc(C)cc2)c(C)c1. The summed E-state index contributed by atoms with van der Waals surface area (Å²) < 4.78 is 0. The zero-order chi connectivity index (χ0) is 13.8. The molecule has 3 heteroatoms. The molecule has 0 radical (unpaired) electrons. The Kier molecular flexibility index (Phi) is 3.85. The summed E-state index contributed by atoms with van der Waals surface area (Å²) in [5.74, 6) is -0.0796. The van der Waals surface area contributed by atoms with Crippen LogP contribution in [0.1, 0.15) is 21.5 Å². The standard InChI is InChI=1S/C16H18N2O/c1-11-4-6-13(7-5-11)18-16(19)15-9-8-14(17-3)10-12(15)2/h4-10,17H,1-3H3,(H,18,19). The van der Waals surface area contributed by atoms with Crippen LogP contribution in [0.3, 0.4) is 0 Å². The second-order valence-corrected chi connectivity index (χ2v) is 4.60. The average molecular weight is 254 g/mol. The van der Waals surface area contributed by atoms with E-state index in [2.05, 4.69) is 10.6 Å². The number of rotatable bonds is 3. The summed E-state index contributed by atoms with van der Waals surface area (Å²) >= 11 is 0. The molecule has 0 heterocycles. The van der Waals surface area contributed by atoms with Crippen molar-refractivity contribution in [3.05, 3.63) is 59.2 Å². The third-order valence-corrected chi connectivity index (χ3v) is 3.07. The summed E-state index contributed by atoms with van der Waals surface area (Å²) in [6.07, 6.45) is 0. The molecule has 1 amide bonds. The van der Waals surface area contributed by atoms with Crippen molar-refractivity contribution in [2.75, 3.05) is 17.7 Å². The van der Waals surface area contributed by atoms with Gasteiger partial charge in [-0.1, -0.05) is 17.7 Å². The minimum Gasteiger partial charge on any atom is -0.388 e. The molecule has 0 aromatic heterocycles. The summed E-state index contributed by atoms with van der Waals surface area (Å²) in [6.45, 7) is 3.96. The van der Waals surface area contributed by atoms with Gasteiger partial charge in [0.15, 0.2) is 0 Å². The molecular weight excluding hydrogens is 236 g/mol. The van der Waals surface area contributed by atoms with Gasteiger partial charge in [0.05, 0.1) is 0 Å². The summed E-state index contributed by atoms with van der Waals surface area (Å²) in [5, 5.41) is 5.96. The fourth-order valence-electron chi connectivity index (χ4n) is 1.91. The van der Waals surface area contributed by atoms with Gasteiger partial charge in [-0.2, -0.15) is 0 Å². The van der Waals surface area contributed by atoms with E-state index in [9.17, 15) is 4.79 Å². The molecule has 2 aromatic rings. The Bertz CT molecular complexity index is 588. The van der Waals surface area contributed by atoms with Crippen molar-refractivity contribution in [2.45, 2.75) is 13.8 Å². The Balaban J connectivity index is 2.18. The monoisotopic (exact) mass is 254 g/mol. The normalized spacial score (nSPS) is 10.1. The summed E-state index contributed by atoms with van der Waals surface area (Å²) in [7, 11) is 1.86. The van der Waals surface area contributed by atoms with E-state index in [1.807, 2.05) is 63.4 Å². The smallest absolute Gasteiger partial charge is 0.255 e. The lowest BCUT2D eigenvalue weighted by Crippen LogP contribution is -2.13. The van der Waals surface area contributed by atoms with E-state index in [1.54, 1.807) is 0 Å². The van der Waals surface area contributed by atoms with Crippen molar-refractivity contribution in [1.82, 2.24) is 0 Å². The molecule has 0 spiro atoms. The number of benzene rings is 2. The number of aryl methyl sites for hydroxylation is 2. The van der Waals surface area contributed by atoms with Crippen LogP contribution in [0.4, 0.5) is 11.4 Å². The highest BCUT2D eigenvalue weighted by Crippen LogP contribution is 2.17. The molecule has 0 aliphatic rings. The van der Waals surface area contributed by atoms with Crippen LogP contribution >= 0.6 is 0 Å². The van der Waals surface area contributed by atoms with E-state index in [4.69, 9.17) is 0 Å². The van der Waals surface area contributed by atoms with Crippen LogP contribution in [-0.4, -0.2) is 13.0 Å². The van der Waals surface area contributed by atoms with E-state index in [0.29, 0.717) is 5.56 Å². The molecule has 2 aromatic carbocycles. The second-order valence-electron chi connectivity index (χ2n) is 4.60. The van der Waals surface area contributed by atoms with Gasteiger partial charge in [0, 0.05) is 24.0 Å². The molecule has 2 rings (SSSR count). The maximum atomic E-state index is 12.2. The van der Waals surface area contributed by atoms with Crippen molar-refractivity contribution in [3.8, 4) is 0 Å². The minimum atomic E-state index is -0.0796. The minimum absolute atomic E-state index is 0.0796. The molecule has 0 fully saturated rings. The fraction of sp³-hybridized carbons (Fsp3) is 0.188. The molecule has 0 unspecified atom stereocenters. The number of carbonyl (C=O) groups is 1. The highest BCUT2D eigenvalue weighted by atomic mass is 16.1. The van der Waals surface area contributed by atoms with E-state index in [1.165, 1.54) is 5.56 Å². The lowest BCUT2D eigenvalue weighted by molar-refractivity contribution is 0.102. The van der Waals surface area contributed by atoms with Crippen molar-refractivity contribution in [3.63, 3.8) is 0 Å². The molecule has 0 saturated heterocycles. The van der Waals surface area contributed by atoms with Gasteiger partial charge in [-0.15, -0.1) is 0 Å². The highest BCUT2D eigenvalue weighted by Gasteiger charge is 2.09. The Labute approximate surface area is 113 Å². The summed E-state index contributed by atoms with van der Waals surface area (Å²) in [4.78, 5) is 12.2. The quantitative estimate of drug-likeness (QED) is 0.878. The lowest BCUT2D eigenvalue weighted by atomic mass is 10.1. The zero-order valence-electron chi connectivity index (χ0n) is 11.4. The van der Waals surface area contributed by atoms with E-state index >= 15 is 0 Å². The van der Waals surface area contributed by atoms with Crippen LogP contribution in [-0.2, 0) is 0 Å². The van der Waals surface area contributed by atoms with Crippen molar-refractivity contribution in [2.24, 2.45) is 0 Å². The molecule has 3 nitrogen and oxygen atoms in total. The van der Waals surface area contributed by atoms with Gasteiger partial charge >= 0.3 is 0 Å². The van der Waals surface area contributed by atoms with E-state index in [-0.39, 0.29) is 5.91 Å².